The maximum Gasteiger partial charge on any atom is 0.407 e. The van der Waals surface area contributed by atoms with Crippen LogP contribution >= 0.6 is 0 Å². The highest BCUT2D eigenvalue weighted by molar-refractivity contribution is 6.04. The number of anilines is 2. The van der Waals surface area contributed by atoms with Crippen LogP contribution in [0.1, 0.15) is 69.1 Å². The molecule has 4 N–H and O–H groups in total. The van der Waals surface area contributed by atoms with Crippen molar-refractivity contribution in [1.29, 1.82) is 0 Å². The minimum Gasteiger partial charge on any atom is -0.485 e. The van der Waals surface area contributed by atoms with Gasteiger partial charge in [0.1, 0.15) is 34.2 Å². The van der Waals surface area contributed by atoms with Crippen molar-refractivity contribution in [2.75, 3.05) is 17.6 Å². The first-order valence-corrected chi connectivity index (χ1v) is 11.7. The lowest BCUT2D eigenvalue weighted by Gasteiger charge is -2.27. The van der Waals surface area contributed by atoms with Gasteiger partial charge in [-0.2, -0.15) is 0 Å². The number of rotatable bonds is 6. The van der Waals surface area contributed by atoms with Crippen LogP contribution in [0.25, 0.3) is 5.65 Å². The third-order valence-corrected chi connectivity index (χ3v) is 5.77. The Morgan fingerprint density at radius 1 is 1.36 bits per heavy atom. The number of halogens is 1. The van der Waals surface area contributed by atoms with Gasteiger partial charge in [-0.3, -0.25) is 4.79 Å². The summed E-state index contributed by atoms with van der Waals surface area (Å²) in [6, 6.07) is 4.16. The topological polar surface area (TPSA) is 133 Å². The molecule has 2 aromatic heterocycles. The molecular formula is C25H31FN6O4. The molecule has 0 saturated carbocycles. The number of aromatic nitrogens is 3. The summed E-state index contributed by atoms with van der Waals surface area (Å²) < 4.78 is 27.6. The zero-order chi connectivity index (χ0) is 26.4. The second-order valence-corrected chi connectivity index (χ2v) is 10.3. The fraction of sp³-hybridized carbons (Fsp3) is 0.440. The molecule has 0 spiro atoms. The average Bonchev–Trinajstić information content (AvgIpc) is 3.25. The number of carbonyl (C=O) groups excluding carboxylic acids is 2. The lowest BCUT2D eigenvalue weighted by molar-refractivity contribution is 0.0447. The number of benzene rings is 1. The number of amides is 1. The van der Waals surface area contributed by atoms with Gasteiger partial charge in [0.25, 0.3) is 0 Å². The molecule has 1 aromatic carbocycles. The fourth-order valence-corrected chi connectivity index (χ4v) is 4.27. The van der Waals surface area contributed by atoms with E-state index < -0.39 is 29.2 Å². The van der Waals surface area contributed by atoms with Crippen LogP contribution in [0.3, 0.4) is 0 Å². The maximum atomic E-state index is 14.6. The van der Waals surface area contributed by atoms with Gasteiger partial charge in [-0.15, -0.1) is 5.10 Å². The van der Waals surface area contributed by atoms with E-state index in [4.69, 9.17) is 15.2 Å². The van der Waals surface area contributed by atoms with E-state index in [1.54, 1.807) is 33.0 Å². The molecule has 0 aliphatic carbocycles. The van der Waals surface area contributed by atoms with Crippen molar-refractivity contribution in [2.45, 2.75) is 65.2 Å². The summed E-state index contributed by atoms with van der Waals surface area (Å²) in [5.41, 5.74) is 6.36. The molecule has 0 unspecified atom stereocenters. The van der Waals surface area contributed by atoms with E-state index in [-0.39, 0.29) is 23.7 Å². The number of hydrogen-bond donors (Lipinski definition) is 3. The highest BCUT2D eigenvalue weighted by Crippen LogP contribution is 2.41. The Bertz CT molecular complexity index is 1350. The number of carbonyl (C=O) groups is 2. The molecule has 0 bridgehead atoms. The smallest absolute Gasteiger partial charge is 0.407 e. The second kappa shape index (κ2) is 8.96. The molecule has 4 rings (SSSR count). The molecule has 3 heterocycles. The van der Waals surface area contributed by atoms with Gasteiger partial charge < -0.3 is 25.8 Å². The van der Waals surface area contributed by atoms with Crippen LogP contribution in [0, 0.1) is 5.82 Å². The number of fused-ring (bicyclic) bond motifs is 2. The second-order valence-electron chi connectivity index (χ2n) is 10.3. The van der Waals surface area contributed by atoms with E-state index in [2.05, 4.69) is 20.7 Å². The van der Waals surface area contributed by atoms with Gasteiger partial charge in [0.05, 0.1) is 12.6 Å². The van der Waals surface area contributed by atoms with Crippen molar-refractivity contribution in [3.05, 3.63) is 46.9 Å². The number of ketones is 1. The van der Waals surface area contributed by atoms with Crippen LogP contribution in [0.4, 0.5) is 20.8 Å². The minimum atomic E-state index is -0.774. The van der Waals surface area contributed by atoms with Gasteiger partial charge >= 0.3 is 6.09 Å². The Morgan fingerprint density at radius 2 is 2.08 bits per heavy atom. The first-order chi connectivity index (χ1) is 16.7. The summed E-state index contributed by atoms with van der Waals surface area (Å²) in [7, 11) is 0. The molecule has 3 aromatic rings. The zero-order valence-corrected chi connectivity index (χ0v) is 21.2. The standard InChI is InChI=1S/C25H31FN6O4/c1-13(29-18-7-8-32-22(30-18)19(14(2)33)21(27)31-32)17-10-16(26)9-15-11-25(6,35-20(15)17)12-28-23(34)36-24(3,4)5/h7-10,13H,11-12H2,1-6H3,(H2,27,31)(H,28,34)(H,29,30)/t13-,25-/m1/s1. The van der Waals surface area contributed by atoms with Crippen LogP contribution in [0.5, 0.6) is 5.75 Å². The van der Waals surface area contributed by atoms with Gasteiger partial charge in [-0.05, 0) is 59.7 Å². The van der Waals surface area contributed by atoms with Crippen LogP contribution < -0.4 is 21.1 Å². The molecule has 36 heavy (non-hydrogen) atoms. The van der Waals surface area contributed by atoms with Crippen molar-refractivity contribution in [2.24, 2.45) is 0 Å². The quantitative estimate of drug-likeness (QED) is 0.434. The molecule has 2 atom stereocenters. The molecule has 1 aliphatic heterocycles. The third-order valence-electron chi connectivity index (χ3n) is 5.77. The molecule has 1 aliphatic rings. The van der Waals surface area contributed by atoms with Crippen LogP contribution in [0.15, 0.2) is 24.4 Å². The highest BCUT2D eigenvalue weighted by Gasteiger charge is 2.38. The predicted molar refractivity (Wildman–Crippen MR) is 133 cm³/mol. The highest BCUT2D eigenvalue weighted by atomic mass is 19.1. The number of nitrogens with zero attached hydrogens (tertiary/aromatic N) is 3. The Balaban J connectivity index is 1.55. The van der Waals surface area contributed by atoms with E-state index >= 15 is 0 Å². The number of nitrogens with two attached hydrogens (primary N) is 1. The van der Waals surface area contributed by atoms with Crippen molar-refractivity contribution in [3.8, 4) is 5.75 Å². The normalized spacial score (nSPS) is 17.9. The molecule has 0 fully saturated rings. The van der Waals surface area contributed by atoms with Crippen LogP contribution in [0.2, 0.25) is 0 Å². The van der Waals surface area contributed by atoms with Gasteiger partial charge in [0, 0.05) is 23.7 Å². The van der Waals surface area contributed by atoms with Gasteiger partial charge in [-0.1, -0.05) is 0 Å². The zero-order valence-electron chi connectivity index (χ0n) is 21.2. The van der Waals surface area contributed by atoms with Crippen molar-refractivity contribution < 1.29 is 23.5 Å². The van der Waals surface area contributed by atoms with Crippen molar-refractivity contribution in [3.63, 3.8) is 0 Å². The van der Waals surface area contributed by atoms with Crippen molar-refractivity contribution >= 4 is 29.2 Å². The molecule has 0 radical (unpaired) electrons. The Kier molecular flexibility index (Phi) is 6.27. The van der Waals surface area contributed by atoms with E-state index in [0.717, 1.165) is 0 Å². The van der Waals surface area contributed by atoms with Crippen LogP contribution in [-0.4, -0.2) is 44.2 Å². The van der Waals surface area contributed by atoms with E-state index in [1.807, 2.05) is 13.8 Å². The Morgan fingerprint density at radius 3 is 2.75 bits per heavy atom. The monoisotopic (exact) mass is 498 g/mol. The first-order valence-electron chi connectivity index (χ1n) is 11.7. The van der Waals surface area contributed by atoms with E-state index in [1.165, 1.54) is 23.6 Å². The molecule has 11 heteroatoms. The number of alkyl carbamates (subject to hydrolysis) is 1. The van der Waals surface area contributed by atoms with E-state index in [0.29, 0.717) is 34.8 Å². The Hall–Kier alpha value is -3.89. The fourth-order valence-electron chi connectivity index (χ4n) is 4.27. The molecule has 10 nitrogen and oxygen atoms in total. The SMILES string of the molecule is CC(=O)c1c(N)nn2ccc(N[C@H](C)c3cc(F)cc4c3O[C@@](C)(CNC(=O)OC(C)(C)C)C4)nc12. The summed E-state index contributed by atoms with van der Waals surface area (Å²) in [6.45, 7) is 10.7. The number of Topliss-reactive ketones (excluding diaryl/α,β-unsaturated/α-hetero) is 1. The number of ether oxygens (including phenoxy) is 2. The molecule has 0 saturated heterocycles. The maximum absolute atomic E-state index is 14.6. The van der Waals surface area contributed by atoms with Crippen LogP contribution in [-0.2, 0) is 11.2 Å². The average molecular weight is 499 g/mol. The number of nitrogen functional groups attached to an aromatic ring is 1. The summed E-state index contributed by atoms with van der Waals surface area (Å²) in [5.74, 6) is 0.495. The van der Waals surface area contributed by atoms with Gasteiger partial charge in [0.2, 0.25) is 0 Å². The van der Waals surface area contributed by atoms with Gasteiger partial charge in [-0.25, -0.2) is 18.7 Å². The number of hydrogen-bond acceptors (Lipinski definition) is 8. The lowest BCUT2D eigenvalue weighted by atomic mass is 9.97. The number of nitrogens with one attached hydrogen (secondary N) is 2. The first kappa shape index (κ1) is 25.2. The largest absolute Gasteiger partial charge is 0.485 e. The minimum absolute atomic E-state index is 0.107. The Labute approximate surface area is 208 Å². The summed E-state index contributed by atoms with van der Waals surface area (Å²) in [5, 5.41) is 10.1. The summed E-state index contributed by atoms with van der Waals surface area (Å²) in [6.07, 6.45) is 1.51. The molecular weight excluding hydrogens is 467 g/mol. The summed E-state index contributed by atoms with van der Waals surface area (Å²) in [4.78, 5) is 28.6. The molecule has 1 amide bonds. The van der Waals surface area contributed by atoms with E-state index in [9.17, 15) is 14.0 Å². The third kappa shape index (κ3) is 5.19. The van der Waals surface area contributed by atoms with Gasteiger partial charge in [0.15, 0.2) is 17.2 Å². The lowest BCUT2D eigenvalue weighted by Crippen LogP contribution is -2.45. The predicted octanol–water partition coefficient (Wildman–Crippen LogP) is 4.04. The summed E-state index contributed by atoms with van der Waals surface area (Å²) >= 11 is 0. The van der Waals surface area contributed by atoms with Crippen molar-refractivity contribution in [1.82, 2.24) is 19.9 Å². The molecule has 192 valence electrons.